The monoisotopic (exact) mass is 268 g/mol. The van der Waals surface area contributed by atoms with E-state index < -0.39 is 0 Å². The van der Waals surface area contributed by atoms with Crippen LogP contribution in [0.1, 0.15) is 38.5 Å². The van der Waals surface area contributed by atoms with Crippen molar-refractivity contribution in [1.82, 2.24) is 10.2 Å². The summed E-state index contributed by atoms with van der Waals surface area (Å²) in [6.07, 6.45) is 8.71. The van der Waals surface area contributed by atoms with E-state index in [4.69, 9.17) is 4.74 Å². The van der Waals surface area contributed by atoms with Crippen LogP contribution in [-0.4, -0.2) is 51.8 Å². The van der Waals surface area contributed by atoms with Crippen molar-refractivity contribution in [3.63, 3.8) is 0 Å². The van der Waals surface area contributed by atoms with Crippen LogP contribution in [-0.2, 0) is 4.74 Å². The summed E-state index contributed by atoms with van der Waals surface area (Å²) in [7, 11) is 4.07. The number of hydrogen-bond donors (Lipinski definition) is 1. The Kier molecular flexibility index (Phi) is 6.62. The van der Waals surface area contributed by atoms with Gasteiger partial charge < -0.3 is 15.0 Å². The Hall–Kier alpha value is -0.120. The number of nitrogens with zero attached hydrogens (tertiary/aromatic N) is 1. The highest BCUT2D eigenvalue weighted by Gasteiger charge is 2.39. The molecule has 2 saturated carbocycles. The predicted octanol–water partition coefficient (Wildman–Crippen LogP) is 2.37. The second-order valence-corrected chi connectivity index (χ2v) is 6.65. The molecule has 1 N–H and O–H groups in total. The van der Waals surface area contributed by atoms with Gasteiger partial charge in [0.25, 0.3) is 0 Å². The van der Waals surface area contributed by atoms with Crippen LogP contribution in [0.3, 0.4) is 0 Å². The van der Waals surface area contributed by atoms with Gasteiger partial charge >= 0.3 is 0 Å². The van der Waals surface area contributed by atoms with E-state index in [1.54, 1.807) is 13.5 Å². The highest BCUT2D eigenvalue weighted by molar-refractivity contribution is 4.90. The molecular weight excluding hydrogens is 236 g/mol. The molecule has 3 nitrogen and oxygen atoms in total. The molecule has 0 heterocycles. The third kappa shape index (κ3) is 5.05. The first-order valence-corrected chi connectivity index (χ1v) is 8.17. The van der Waals surface area contributed by atoms with Gasteiger partial charge in [0.1, 0.15) is 0 Å². The number of ether oxygens (including phenoxy) is 1. The van der Waals surface area contributed by atoms with Crippen LogP contribution in [0.4, 0.5) is 0 Å². The summed E-state index contributed by atoms with van der Waals surface area (Å²) in [5.74, 6) is 3.18. The molecule has 3 heteroatoms. The highest BCUT2D eigenvalue weighted by atomic mass is 16.5. The first kappa shape index (κ1) is 15.3. The zero-order valence-electron chi connectivity index (χ0n) is 12.9. The Bertz CT molecular complexity index is 247. The third-order valence-electron chi connectivity index (χ3n) is 5.06. The van der Waals surface area contributed by atoms with Gasteiger partial charge in [0.15, 0.2) is 0 Å². The summed E-state index contributed by atoms with van der Waals surface area (Å²) in [5.41, 5.74) is 0. The predicted molar refractivity (Wildman–Crippen MR) is 80.4 cm³/mol. The van der Waals surface area contributed by atoms with E-state index in [0.29, 0.717) is 0 Å². The Balaban J connectivity index is 1.45. The van der Waals surface area contributed by atoms with Crippen molar-refractivity contribution in [1.29, 1.82) is 0 Å². The van der Waals surface area contributed by atoms with Crippen molar-refractivity contribution in [2.24, 2.45) is 17.8 Å². The molecule has 0 saturated heterocycles. The van der Waals surface area contributed by atoms with Gasteiger partial charge in [0.2, 0.25) is 0 Å². The summed E-state index contributed by atoms with van der Waals surface area (Å²) in [4.78, 5) is 2.57. The van der Waals surface area contributed by atoms with Crippen molar-refractivity contribution in [2.45, 2.75) is 38.5 Å². The number of nitrogens with one attached hydrogen (secondary N) is 1. The Morgan fingerprint density at radius 2 is 2.05 bits per heavy atom. The summed E-state index contributed by atoms with van der Waals surface area (Å²) in [6, 6.07) is 0. The van der Waals surface area contributed by atoms with Crippen LogP contribution in [0.2, 0.25) is 0 Å². The Morgan fingerprint density at radius 1 is 1.16 bits per heavy atom. The lowest BCUT2D eigenvalue weighted by Gasteiger charge is -2.27. The zero-order valence-corrected chi connectivity index (χ0v) is 12.9. The van der Waals surface area contributed by atoms with E-state index in [1.807, 2.05) is 0 Å². The van der Waals surface area contributed by atoms with E-state index in [-0.39, 0.29) is 0 Å². The van der Waals surface area contributed by atoms with Gasteiger partial charge in [-0.25, -0.2) is 0 Å². The first-order valence-electron chi connectivity index (χ1n) is 8.17. The fraction of sp³-hybridized carbons (Fsp3) is 1.00. The fourth-order valence-corrected chi connectivity index (χ4v) is 4.02. The zero-order chi connectivity index (χ0) is 13.5. The van der Waals surface area contributed by atoms with Crippen LogP contribution < -0.4 is 5.32 Å². The highest BCUT2D eigenvalue weighted by Crippen LogP contribution is 2.48. The Morgan fingerprint density at radius 3 is 2.74 bits per heavy atom. The molecule has 3 atom stereocenters. The fourth-order valence-electron chi connectivity index (χ4n) is 4.02. The van der Waals surface area contributed by atoms with Gasteiger partial charge in [-0.15, -0.1) is 0 Å². The van der Waals surface area contributed by atoms with E-state index in [2.05, 4.69) is 17.3 Å². The standard InChI is InChI=1S/C16H32N2O/c1-18(9-4-3-7-17-8-10-19-2)13-16-12-14-5-6-15(16)11-14/h14-17H,3-13H2,1-2H3. The van der Waals surface area contributed by atoms with Crippen LogP contribution in [0.5, 0.6) is 0 Å². The van der Waals surface area contributed by atoms with Crippen molar-refractivity contribution in [3.05, 3.63) is 0 Å². The smallest absolute Gasteiger partial charge is 0.0587 e. The molecule has 112 valence electrons. The van der Waals surface area contributed by atoms with E-state index in [0.717, 1.165) is 37.5 Å². The number of fused-ring (bicyclic) bond motifs is 2. The maximum absolute atomic E-state index is 5.01. The van der Waals surface area contributed by atoms with Crippen molar-refractivity contribution in [2.75, 3.05) is 46.9 Å². The van der Waals surface area contributed by atoms with E-state index in [9.17, 15) is 0 Å². The number of unbranched alkanes of at least 4 members (excludes halogenated alkanes) is 1. The van der Waals surface area contributed by atoms with Crippen molar-refractivity contribution >= 4 is 0 Å². The molecule has 0 amide bonds. The van der Waals surface area contributed by atoms with E-state index >= 15 is 0 Å². The Labute approximate surface area is 119 Å². The molecule has 0 aliphatic heterocycles. The number of rotatable bonds is 10. The molecule has 2 bridgehead atoms. The molecular formula is C16H32N2O. The maximum Gasteiger partial charge on any atom is 0.0587 e. The minimum absolute atomic E-state index is 0.824. The van der Waals surface area contributed by atoms with Gasteiger partial charge in [0, 0.05) is 20.2 Å². The molecule has 0 aromatic rings. The maximum atomic E-state index is 5.01. The molecule has 0 spiro atoms. The average Bonchev–Trinajstić information content (AvgIpc) is 3.00. The van der Waals surface area contributed by atoms with Gasteiger partial charge in [0.05, 0.1) is 6.61 Å². The molecule has 2 aliphatic carbocycles. The first-order chi connectivity index (χ1) is 9.29. The molecule has 3 unspecified atom stereocenters. The second kappa shape index (κ2) is 8.23. The van der Waals surface area contributed by atoms with Gasteiger partial charge in [-0.05, 0) is 70.0 Å². The van der Waals surface area contributed by atoms with Crippen molar-refractivity contribution in [3.8, 4) is 0 Å². The topological polar surface area (TPSA) is 24.5 Å². The molecule has 0 radical (unpaired) electrons. The van der Waals surface area contributed by atoms with Gasteiger partial charge in [-0.3, -0.25) is 0 Å². The third-order valence-corrected chi connectivity index (χ3v) is 5.06. The normalized spacial score (nSPS) is 29.5. The number of hydrogen-bond acceptors (Lipinski definition) is 3. The molecule has 0 aromatic heterocycles. The average molecular weight is 268 g/mol. The molecule has 19 heavy (non-hydrogen) atoms. The second-order valence-electron chi connectivity index (χ2n) is 6.65. The van der Waals surface area contributed by atoms with Gasteiger partial charge in [-0.1, -0.05) is 6.42 Å². The SMILES string of the molecule is COCCNCCCCN(C)CC1CC2CCC1C2. The van der Waals surface area contributed by atoms with E-state index in [1.165, 1.54) is 45.2 Å². The minimum atomic E-state index is 0.824. The van der Waals surface area contributed by atoms with Crippen LogP contribution in [0, 0.1) is 17.8 Å². The summed E-state index contributed by atoms with van der Waals surface area (Å²) in [6.45, 7) is 5.55. The molecule has 2 rings (SSSR count). The number of methoxy groups -OCH3 is 1. The summed E-state index contributed by atoms with van der Waals surface area (Å²) in [5, 5.41) is 3.41. The molecule has 2 aliphatic rings. The van der Waals surface area contributed by atoms with Gasteiger partial charge in [-0.2, -0.15) is 0 Å². The lowest BCUT2D eigenvalue weighted by atomic mass is 9.88. The summed E-state index contributed by atoms with van der Waals surface area (Å²) >= 11 is 0. The molecule has 0 aromatic carbocycles. The minimum Gasteiger partial charge on any atom is -0.383 e. The van der Waals surface area contributed by atoms with Crippen LogP contribution in [0.25, 0.3) is 0 Å². The van der Waals surface area contributed by atoms with Crippen LogP contribution in [0.15, 0.2) is 0 Å². The lowest BCUT2D eigenvalue weighted by molar-refractivity contribution is 0.198. The molecule has 2 fully saturated rings. The lowest BCUT2D eigenvalue weighted by Crippen LogP contribution is -2.30. The summed E-state index contributed by atoms with van der Waals surface area (Å²) < 4.78 is 5.01. The van der Waals surface area contributed by atoms with Crippen molar-refractivity contribution < 1.29 is 4.74 Å². The largest absolute Gasteiger partial charge is 0.383 e. The van der Waals surface area contributed by atoms with Crippen LogP contribution >= 0.6 is 0 Å². The quantitative estimate of drug-likeness (QED) is 0.616.